The molecule has 1 aromatic rings. The molecule has 1 saturated heterocycles. The van der Waals surface area contributed by atoms with Crippen molar-refractivity contribution in [2.24, 2.45) is 5.41 Å². The van der Waals surface area contributed by atoms with Crippen molar-refractivity contribution in [3.63, 3.8) is 0 Å². The number of carboxylic acid groups (broad SMARTS) is 1. The lowest BCUT2D eigenvalue weighted by Crippen LogP contribution is -2.61. The maximum absolute atomic E-state index is 12.0. The van der Waals surface area contributed by atoms with Crippen LogP contribution in [0.15, 0.2) is 54.6 Å². The number of urea groups is 1. The van der Waals surface area contributed by atoms with Crippen LogP contribution in [0.1, 0.15) is 18.4 Å². The van der Waals surface area contributed by atoms with Crippen molar-refractivity contribution in [1.29, 1.82) is 0 Å². The van der Waals surface area contributed by atoms with Gasteiger partial charge in [-0.05, 0) is 12.5 Å². The zero-order chi connectivity index (χ0) is 18.2. The lowest BCUT2D eigenvalue weighted by atomic mass is 9.69. The quantitative estimate of drug-likeness (QED) is 0.480. The Balaban J connectivity index is 1.95. The van der Waals surface area contributed by atoms with Crippen molar-refractivity contribution in [3.05, 3.63) is 60.2 Å². The molecule has 7 heteroatoms. The summed E-state index contributed by atoms with van der Waals surface area (Å²) in [7, 11) is 0. The van der Waals surface area contributed by atoms with E-state index in [0.717, 1.165) is 5.56 Å². The van der Waals surface area contributed by atoms with Gasteiger partial charge in [0.05, 0.1) is 0 Å². The molecule has 1 heterocycles. The second-order valence-corrected chi connectivity index (χ2v) is 6.41. The summed E-state index contributed by atoms with van der Waals surface area (Å²) in [4.78, 5) is 35.4. The van der Waals surface area contributed by atoms with Crippen LogP contribution in [0, 0.1) is 5.41 Å². The maximum Gasteiger partial charge on any atom is 0.322 e. The SMILES string of the molecule is CC1(C(O)C2(C(=O)O)C=CC(c3ccccc3)C=C2)NC(=O)NC1=O. The number of aliphatic hydroxyl groups excluding tert-OH is 1. The molecule has 2 aliphatic rings. The molecular weight excluding hydrogens is 324 g/mol. The highest BCUT2D eigenvalue weighted by Gasteiger charge is 2.57. The van der Waals surface area contributed by atoms with E-state index < -0.39 is 35.0 Å². The van der Waals surface area contributed by atoms with Gasteiger partial charge in [0.2, 0.25) is 0 Å². The Labute approximate surface area is 144 Å². The summed E-state index contributed by atoms with van der Waals surface area (Å²) in [5.41, 5.74) is -2.60. The topological polar surface area (TPSA) is 116 Å². The molecule has 25 heavy (non-hydrogen) atoms. The molecule has 4 N–H and O–H groups in total. The number of nitrogens with one attached hydrogen (secondary N) is 2. The Morgan fingerprint density at radius 1 is 1.16 bits per heavy atom. The first-order valence-electron chi connectivity index (χ1n) is 7.78. The van der Waals surface area contributed by atoms with Gasteiger partial charge in [0, 0.05) is 5.92 Å². The standard InChI is InChI=1S/C18H18N2O5/c1-17(14(22)19-16(25)20-17)13(21)18(15(23)24)9-7-12(8-10-18)11-5-3-2-4-6-11/h2-10,12-13,21H,1H3,(H,23,24)(H2,19,20,22,25). The van der Waals surface area contributed by atoms with Gasteiger partial charge in [-0.3, -0.25) is 14.9 Å². The molecule has 0 saturated carbocycles. The zero-order valence-electron chi connectivity index (χ0n) is 13.5. The lowest BCUT2D eigenvalue weighted by Gasteiger charge is -2.38. The van der Waals surface area contributed by atoms with Crippen LogP contribution in [0.25, 0.3) is 0 Å². The third kappa shape index (κ3) is 2.62. The van der Waals surface area contributed by atoms with Crippen LogP contribution in [-0.4, -0.2) is 39.8 Å². The van der Waals surface area contributed by atoms with E-state index in [1.165, 1.54) is 19.1 Å². The molecule has 1 fully saturated rings. The monoisotopic (exact) mass is 342 g/mol. The van der Waals surface area contributed by atoms with E-state index in [9.17, 15) is 24.6 Å². The van der Waals surface area contributed by atoms with Crippen molar-refractivity contribution in [3.8, 4) is 0 Å². The Kier molecular flexibility index (Phi) is 3.96. The summed E-state index contributed by atoms with van der Waals surface area (Å²) < 4.78 is 0. The van der Waals surface area contributed by atoms with Crippen molar-refractivity contribution in [2.45, 2.75) is 24.5 Å². The highest BCUT2D eigenvalue weighted by molar-refractivity contribution is 6.07. The fraction of sp³-hybridized carbons (Fsp3) is 0.278. The smallest absolute Gasteiger partial charge is 0.322 e. The molecule has 1 aliphatic carbocycles. The van der Waals surface area contributed by atoms with Crippen LogP contribution in [0.2, 0.25) is 0 Å². The van der Waals surface area contributed by atoms with E-state index in [0.29, 0.717) is 0 Å². The van der Waals surface area contributed by atoms with Crippen molar-refractivity contribution in [1.82, 2.24) is 10.6 Å². The summed E-state index contributed by atoms with van der Waals surface area (Å²) >= 11 is 0. The van der Waals surface area contributed by atoms with Crippen molar-refractivity contribution >= 4 is 17.9 Å². The lowest BCUT2D eigenvalue weighted by molar-refractivity contribution is -0.152. The van der Waals surface area contributed by atoms with Gasteiger partial charge in [0.15, 0.2) is 0 Å². The normalized spacial score (nSPS) is 32.2. The van der Waals surface area contributed by atoms with Gasteiger partial charge in [0.1, 0.15) is 17.1 Å². The summed E-state index contributed by atoms with van der Waals surface area (Å²) in [5, 5.41) is 24.8. The number of hydrogen-bond acceptors (Lipinski definition) is 4. The maximum atomic E-state index is 12.0. The van der Waals surface area contributed by atoms with E-state index in [1.807, 2.05) is 35.6 Å². The second-order valence-electron chi connectivity index (χ2n) is 6.41. The van der Waals surface area contributed by atoms with E-state index in [4.69, 9.17) is 0 Å². The summed E-state index contributed by atoms with van der Waals surface area (Å²) in [6, 6.07) is 8.70. The molecule has 0 aromatic heterocycles. The minimum atomic E-state index is -1.82. The van der Waals surface area contributed by atoms with Crippen LogP contribution < -0.4 is 10.6 Å². The molecule has 2 unspecified atom stereocenters. The first kappa shape index (κ1) is 16.9. The molecule has 0 radical (unpaired) electrons. The number of aliphatic hydroxyl groups is 1. The van der Waals surface area contributed by atoms with Gasteiger partial charge in [0.25, 0.3) is 5.91 Å². The summed E-state index contributed by atoms with van der Waals surface area (Å²) in [5.74, 6) is -2.22. The third-order valence-corrected chi connectivity index (χ3v) is 4.78. The van der Waals surface area contributed by atoms with Gasteiger partial charge in [-0.2, -0.15) is 0 Å². The Hall–Kier alpha value is -2.93. The predicted octanol–water partition coefficient (Wildman–Crippen LogP) is 0.926. The molecule has 3 rings (SSSR count). The number of imide groups is 1. The number of hydrogen-bond donors (Lipinski definition) is 4. The van der Waals surface area contributed by atoms with Crippen LogP contribution in [0.4, 0.5) is 4.79 Å². The number of allylic oxidation sites excluding steroid dienone is 2. The Morgan fingerprint density at radius 2 is 1.76 bits per heavy atom. The minimum absolute atomic E-state index is 0.138. The molecular formula is C18H18N2O5. The second kappa shape index (κ2) is 5.86. The average molecular weight is 342 g/mol. The highest BCUT2D eigenvalue weighted by atomic mass is 16.4. The molecule has 1 aromatic carbocycles. The molecule has 130 valence electrons. The average Bonchev–Trinajstić information content (AvgIpc) is 2.88. The number of rotatable bonds is 4. The highest BCUT2D eigenvalue weighted by Crippen LogP contribution is 2.39. The fourth-order valence-electron chi connectivity index (χ4n) is 3.21. The van der Waals surface area contributed by atoms with Gasteiger partial charge in [-0.15, -0.1) is 0 Å². The molecule has 0 spiro atoms. The van der Waals surface area contributed by atoms with Crippen molar-refractivity contribution < 1.29 is 24.6 Å². The number of aliphatic carboxylic acids is 1. The number of amides is 3. The van der Waals surface area contributed by atoms with E-state index in [1.54, 1.807) is 12.2 Å². The number of benzene rings is 1. The number of carboxylic acids is 1. The summed E-state index contributed by atoms with van der Waals surface area (Å²) in [6.07, 6.45) is 4.41. The Morgan fingerprint density at radius 3 is 2.24 bits per heavy atom. The zero-order valence-corrected chi connectivity index (χ0v) is 13.5. The van der Waals surface area contributed by atoms with Crippen LogP contribution in [0.3, 0.4) is 0 Å². The molecule has 0 bridgehead atoms. The van der Waals surface area contributed by atoms with E-state index in [-0.39, 0.29) is 5.92 Å². The molecule has 3 amide bonds. The number of carbonyl (C=O) groups excluding carboxylic acids is 2. The van der Waals surface area contributed by atoms with E-state index in [2.05, 4.69) is 5.32 Å². The van der Waals surface area contributed by atoms with Crippen molar-refractivity contribution in [2.75, 3.05) is 0 Å². The van der Waals surface area contributed by atoms with Gasteiger partial charge in [-0.25, -0.2) is 4.79 Å². The minimum Gasteiger partial charge on any atom is -0.480 e. The number of carbonyl (C=O) groups is 3. The van der Waals surface area contributed by atoms with Crippen LogP contribution in [-0.2, 0) is 9.59 Å². The first-order valence-corrected chi connectivity index (χ1v) is 7.78. The molecule has 2 atom stereocenters. The molecule has 1 aliphatic heterocycles. The fourth-order valence-corrected chi connectivity index (χ4v) is 3.21. The first-order chi connectivity index (χ1) is 11.8. The Bertz CT molecular complexity index is 772. The third-order valence-electron chi connectivity index (χ3n) is 4.78. The van der Waals surface area contributed by atoms with Gasteiger partial charge in [-0.1, -0.05) is 54.6 Å². The predicted molar refractivity (Wildman–Crippen MR) is 88.6 cm³/mol. The molecule has 7 nitrogen and oxygen atoms in total. The summed E-state index contributed by atoms with van der Waals surface area (Å²) in [6.45, 7) is 1.30. The van der Waals surface area contributed by atoms with Crippen LogP contribution >= 0.6 is 0 Å². The largest absolute Gasteiger partial charge is 0.480 e. The van der Waals surface area contributed by atoms with Crippen LogP contribution in [0.5, 0.6) is 0 Å². The van der Waals surface area contributed by atoms with Gasteiger partial charge < -0.3 is 15.5 Å². The van der Waals surface area contributed by atoms with E-state index >= 15 is 0 Å². The van der Waals surface area contributed by atoms with Gasteiger partial charge >= 0.3 is 12.0 Å².